The van der Waals surface area contributed by atoms with E-state index in [2.05, 4.69) is 19.9 Å². The zero-order valence-corrected chi connectivity index (χ0v) is 8.42. The monoisotopic (exact) mass is 177 g/mol. The van der Waals surface area contributed by atoms with Crippen molar-refractivity contribution >= 4 is 0 Å². The maximum atomic E-state index is 5.54. The van der Waals surface area contributed by atoms with Gasteiger partial charge < -0.3 is 4.74 Å². The lowest BCUT2D eigenvalue weighted by molar-refractivity contribution is 0.297. The molecule has 0 saturated carbocycles. The number of hydrogen-bond acceptors (Lipinski definition) is 1. The molecule has 0 bridgehead atoms. The number of benzene rings is 1. The second-order valence-corrected chi connectivity index (χ2v) is 3.62. The van der Waals surface area contributed by atoms with E-state index in [0.29, 0.717) is 0 Å². The predicted molar refractivity (Wildman–Crippen MR) is 54.8 cm³/mol. The van der Waals surface area contributed by atoms with Crippen LogP contribution >= 0.6 is 0 Å². The largest absolute Gasteiger partial charge is 0.494 e. The van der Waals surface area contributed by atoms with Crippen molar-refractivity contribution in [3.8, 4) is 5.75 Å². The van der Waals surface area contributed by atoms with Crippen LogP contribution in [0.25, 0.3) is 0 Å². The lowest BCUT2D eigenvalue weighted by atomic mass is 10.1. The lowest BCUT2D eigenvalue weighted by Gasteiger charge is -2.06. The molecule has 0 aliphatic heterocycles. The molecular weight excluding hydrogens is 160 g/mol. The Hall–Kier alpha value is -0.980. The number of ether oxygens (including phenoxy) is 1. The van der Waals surface area contributed by atoms with E-state index in [-0.39, 0.29) is 0 Å². The van der Waals surface area contributed by atoms with Gasteiger partial charge in [0, 0.05) is 0 Å². The first-order valence-corrected chi connectivity index (χ1v) is 4.88. The van der Waals surface area contributed by atoms with Gasteiger partial charge in [0.1, 0.15) is 5.75 Å². The van der Waals surface area contributed by atoms with Crippen LogP contribution < -0.4 is 4.74 Å². The quantitative estimate of drug-likeness (QED) is 0.627. The van der Waals surface area contributed by atoms with Gasteiger partial charge in [-0.2, -0.15) is 0 Å². The fourth-order valence-corrected chi connectivity index (χ4v) is 1.15. The molecule has 0 spiro atoms. The molecule has 0 amide bonds. The Morgan fingerprint density at radius 3 is 2.62 bits per heavy atom. The summed E-state index contributed by atoms with van der Waals surface area (Å²) in [6.07, 6.45) is 2.37. The molecule has 0 heterocycles. The average molecular weight is 177 g/mol. The molecule has 1 aromatic rings. The van der Waals surface area contributed by atoms with Crippen LogP contribution in [-0.2, 0) is 0 Å². The molecule has 0 fully saturated rings. The van der Waals surface area contributed by atoms with E-state index in [1.54, 1.807) is 0 Å². The van der Waals surface area contributed by atoms with Gasteiger partial charge in [-0.15, -0.1) is 0 Å². The maximum Gasteiger partial charge on any atom is 0.119 e. The van der Waals surface area contributed by atoms with Crippen LogP contribution in [0.2, 0.25) is 0 Å². The molecule has 0 unspecified atom stereocenters. The van der Waals surface area contributed by atoms with Crippen LogP contribution in [0.15, 0.2) is 24.3 Å². The lowest BCUT2D eigenvalue weighted by Crippen LogP contribution is -1.99. The summed E-state index contributed by atoms with van der Waals surface area (Å²) in [6.45, 7) is 5.29. The molecule has 0 atom stereocenters. The van der Waals surface area contributed by atoms with E-state index in [1.807, 2.05) is 24.3 Å². The van der Waals surface area contributed by atoms with Gasteiger partial charge in [-0.05, 0) is 37.0 Å². The van der Waals surface area contributed by atoms with Crippen molar-refractivity contribution < 1.29 is 4.74 Å². The Morgan fingerprint density at radius 2 is 2.00 bits per heavy atom. The molecule has 13 heavy (non-hydrogen) atoms. The normalized spacial score (nSPS) is 10.4. The second kappa shape index (κ2) is 5.63. The third-order valence-corrected chi connectivity index (χ3v) is 1.88. The smallest absolute Gasteiger partial charge is 0.119 e. The summed E-state index contributed by atoms with van der Waals surface area (Å²) in [4.78, 5) is 0. The van der Waals surface area contributed by atoms with Crippen molar-refractivity contribution in [1.29, 1.82) is 0 Å². The average Bonchev–Trinajstić information content (AvgIpc) is 2.14. The zero-order chi connectivity index (χ0) is 9.52. The molecule has 1 nitrogen and oxygen atoms in total. The minimum atomic E-state index is 0.771. The Balaban J connectivity index is 2.13. The second-order valence-electron chi connectivity index (χ2n) is 3.62. The molecule has 1 aromatic carbocycles. The Labute approximate surface area is 80.7 Å². The number of hydrogen-bond donors (Lipinski definition) is 0. The van der Waals surface area contributed by atoms with E-state index in [0.717, 1.165) is 24.7 Å². The first-order valence-electron chi connectivity index (χ1n) is 4.88. The molecular formula is C12H17O. The Bertz CT molecular complexity index is 216. The first kappa shape index (κ1) is 10.1. The van der Waals surface area contributed by atoms with Crippen LogP contribution in [0, 0.1) is 12.0 Å². The molecule has 1 heteroatoms. The third-order valence-electron chi connectivity index (χ3n) is 1.88. The number of rotatable bonds is 5. The summed E-state index contributed by atoms with van der Waals surface area (Å²) in [5.74, 6) is 1.72. The fraction of sp³-hybridized carbons (Fsp3) is 0.500. The van der Waals surface area contributed by atoms with Gasteiger partial charge in [-0.3, -0.25) is 0 Å². The third kappa shape index (κ3) is 4.56. The van der Waals surface area contributed by atoms with Gasteiger partial charge in [0.05, 0.1) is 6.61 Å². The van der Waals surface area contributed by atoms with Gasteiger partial charge in [0.2, 0.25) is 0 Å². The first-order chi connectivity index (χ1) is 6.29. The van der Waals surface area contributed by atoms with Crippen LogP contribution in [0.4, 0.5) is 0 Å². The molecule has 0 saturated heterocycles. The molecule has 1 radical (unpaired) electrons. The van der Waals surface area contributed by atoms with Crippen molar-refractivity contribution in [2.75, 3.05) is 6.61 Å². The highest BCUT2D eigenvalue weighted by Crippen LogP contribution is 2.10. The van der Waals surface area contributed by atoms with E-state index < -0.39 is 0 Å². The van der Waals surface area contributed by atoms with E-state index >= 15 is 0 Å². The van der Waals surface area contributed by atoms with Crippen molar-refractivity contribution in [3.05, 3.63) is 30.3 Å². The van der Waals surface area contributed by atoms with E-state index in [1.165, 1.54) is 6.42 Å². The van der Waals surface area contributed by atoms with Crippen LogP contribution in [0.3, 0.4) is 0 Å². The van der Waals surface area contributed by atoms with E-state index in [9.17, 15) is 0 Å². The van der Waals surface area contributed by atoms with Gasteiger partial charge in [0.15, 0.2) is 0 Å². The summed E-state index contributed by atoms with van der Waals surface area (Å²) >= 11 is 0. The van der Waals surface area contributed by atoms with Gasteiger partial charge >= 0.3 is 0 Å². The van der Waals surface area contributed by atoms with Gasteiger partial charge in [0.25, 0.3) is 0 Å². The maximum absolute atomic E-state index is 5.54. The van der Waals surface area contributed by atoms with Gasteiger partial charge in [-0.25, -0.2) is 0 Å². The van der Waals surface area contributed by atoms with Crippen molar-refractivity contribution in [3.63, 3.8) is 0 Å². The summed E-state index contributed by atoms with van der Waals surface area (Å²) in [5, 5.41) is 0. The Kier molecular flexibility index (Phi) is 4.37. The van der Waals surface area contributed by atoms with Crippen molar-refractivity contribution in [1.82, 2.24) is 0 Å². The summed E-state index contributed by atoms with van der Waals surface area (Å²) in [5.41, 5.74) is 0. The minimum absolute atomic E-state index is 0.771. The molecule has 0 N–H and O–H groups in total. The highest BCUT2D eigenvalue weighted by molar-refractivity contribution is 5.20. The van der Waals surface area contributed by atoms with Crippen LogP contribution in [0.1, 0.15) is 26.7 Å². The molecule has 0 aliphatic rings. The zero-order valence-electron chi connectivity index (χ0n) is 8.42. The fourth-order valence-electron chi connectivity index (χ4n) is 1.15. The minimum Gasteiger partial charge on any atom is -0.494 e. The molecule has 0 aromatic heterocycles. The molecule has 71 valence electrons. The predicted octanol–water partition coefficient (Wildman–Crippen LogP) is 3.30. The standard InChI is InChI=1S/C12H17O/c1-11(2)7-6-10-13-12-8-4-3-5-9-12/h4-5,8-9,11H,6-7,10H2,1-2H3. The highest BCUT2D eigenvalue weighted by Gasteiger charge is 1.94. The SMILES string of the molecule is CC(C)CCCOc1cc[c]cc1. The Morgan fingerprint density at radius 1 is 1.31 bits per heavy atom. The molecule has 0 aliphatic carbocycles. The van der Waals surface area contributed by atoms with Crippen molar-refractivity contribution in [2.24, 2.45) is 5.92 Å². The summed E-state index contributed by atoms with van der Waals surface area (Å²) in [6, 6.07) is 10.6. The topological polar surface area (TPSA) is 9.23 Å². The summed E-state index contributed by atoms with van der Waals surface area (Å²) in [7, 11) is 0. The highest BCUT2D eigenvalue weighted by atomic mass is 16.5. The van der Waals surface area contributed by atoms with Crippen LogP contribution in [-0.4, -0.2) is 6.61 Å². The van der Waals surface area contributed by atoms with E-state index in [4.69, 9.17) is 4.74 Å². The summed E-state index contributed by atoms with van der Waals surface area (Å²) < 4.78 is 5.54. The van der Waals surface area contributed by atoms with Crippen LogP contribution in [0.5, 0.6) is 5.75 Å². The molecule has 1 rings (SSSR count). The van der Waals surface area contributed by atoms with Crippen molar-refractivity contribution in [2.45, 2.75) is 26.7 Å². The van der Waals surface area contributed by atoms with Gasteiger partial charge in [-0.1, -0.05) is 26.0 Å².